The molecule has 0 saturated carbocycles. The predicted molar refractivity (Wildman–Crippen MR) is 79.2 cm³/mol. The van der Waals surface area contributed by atoms with Gasteiger partial charge in [-0.25, -0.2) is 4.98 Å². The molecule has 3 rings (SSSR count). The van der Waals surface area contributed by atoms with Gasteiger partial charge in [0.15, 0.2) is 5.82 Å². The molecule has 0 spiro atoms. The number of aromatic nitrogens is 5. The van der Waals surface area contributed by atoms with Gasteiger partial charge in [0.05, 0.1) is 4.88 Å². The molecule has 0 atom stereocenters. The second-order valence-electron chi connectivity index (χ2n) is 4.19. The molecule has 3 aromatic rings. The lowest BCUT2D eigenvalue weighted by atomic mass is 10.4. The Bertz CT molecular complexity index is 703. The normalized spacial score (nSPS) is 10.7. The van der Waals surface area contributed by atoms with E-state index in [0.717, 1.165) is 11.4 Å². The van der Waals surface area contributed by atoms with Crippen molar-refractivity contribution in [1.29, 1.82) is 0 Å². The minimum atomic E-state index is 0.564. The van der Waals surface area contributed by atoms with Crippen molar-refractivity contribution in [2.45, 2.75) is 13.8 Å². The van der Waals surface area contributed by atoms with Gasteiger partial charge >= 0.3 is 0 Å². The zero-order chi connectivity index (χ0) is 13.9. The average molecular weight is 286 g/mol. The van der Waals surface area contributed by atoms with Crippen LogP contribution >= 0.6 is 11.3 Å². The van der Waals surface area contributed by atoms with Crippen LogP contribution in [0, 0.1) is 6.92 Å². The largest absolute Gasteiger partial charge is 0.354 e. The third kappa shape index (κ3) is 2.53. The van der Waals surface area contributed by atoms with Gasteiger partial charge in [0.2, 0.25) is 11.9 Å². The highest BCUT2D eigenvalue weighted by molar-refractivity contribution is 7.15. The maximum atomic E-state index is 4.51. The van der Waals surface area contributed by atoms with E-state index < -0.39 is 0 Å². The van der Waals surface area contributed by atoms with Gasteiger partial charge in [-0.2, -0.15) is 15.0 Å². The Hall–Kier alpha value is -2.28. The van der Waals surface area contributed by atoms with E-state index in [0.29, 0.717) is 17.7 Å². The van der Waals surface area contributed by atoms with Crippen molar-refractivity contribution in [2.75, 3.05) is 11.9 Å². The fraction of sp³-hybridized carbons (Fsp3) is 0.231. The standard InChI is InChI=1S/C13H14N6S/c1-3-15-12-16-11(10-5-4-9(2)20-10)17-13(18-12)19-7-6-14-8-19/h4-8H,3H2,1-2H3,(H,15,16,17,18). The van der Waals surface area contributed by atoms with E-state index in [1.165, 1.54) is 4.88 Å². The lowest BCUT2D eigenvalue weighted by Gasteiger charge is -2.07. The third-order valence-electron chi connectivity index (χ3n) is 2.65. The number of aryl methyl sites for hydroxylation is 1. The van der Waals surface area contributed by atoms with Crippen LogP contribution < -0.4 is 5.32 Å². The van der Waals surface area contributed by atoms with Crippen LogP contribution in [0.2, 0.25) is 0 Å². The maximum Gasteiger partial charge on any atom is 0.240 e. The molecule has 0 aliphatic carbocycles. The molecule has 0 bridgehead atoms. The number of imidazole rings is 1. The van der Waals surface area contributed by atoms with Gasteiger partial charge in [-0.3, -0.25) is 4.57 Å². The fourth-order valence-electron chi connectivity index (χ4n) is 1.76. The van der Waals surface area contributed by atoms with E-state index in [1.807, 2.05) is 19.2 Å². The molecule has 20 heavy (non-hydrogen) atoms. The Kier molecular flexibility index (Phi) is 3.42. The van der Waals surface area contributed by atoms with Crippen molar-refractivity contribution in [3.05, 3.63) is 35.7 Å². The van der Waals surface area contributed by atoms with Gasteiger partial charge in [-0.15, -0.1) is 11.3 Å². The van der Waals surface area contributed by atoms with Crippen molar-refractivity contribution in [3.63, 3.8) is 0 Å². The molecule has 3 aromatic heterocycles. The number of nitrogens with one attached hydrogen (secondary N) is 1. The summed E-state index contributed by atoms with van der Waals surface area (Å²) < 4.78 is 1.77. The first-order chi connectivity index (χ1) is 9.76. The maximum absolute atomic E-state index is 4.51. The summed E-state index contributed by atoms with van der Waals surface area (Å²) in [6, 6.07) is 4.09. The van der Waals surface area contributed by atoms with E-state index >= 15 is 0 Å². The van der Waals surface area contributed by atoms with E-state index in [4.69, 9.17) is 0 Å². The van der Waals surface area contributed by atoms with Gasteiger partial charge in [0.1, 0.15) is 6.33 Å². The Morgan fingerprint density at radius 3 is 2.80 bits per heavy atom. The van der Waals surface area contributed by atoms with Crippen molar-refractivity contribution >= 4 is 17.3 Å². The summed E-state index contributed by atoms with van der Waals surface area (Å²) in [4.78, 5) is 19.7. The second-order valence-corrected chi connectivity index (χ2v) is 5.48. The summed E-state index contributed by atoms with van der Waals surface area (Å²) in [6.07, 6.45) is 5.19. The van der Waals surface area contributed by atoms with E-state index in [2.05, 4.69) is 38.2 Å². The molecular weight excluding hydrogens is 272 g/mol. The predicted octanol–water partition coefficient (Wildman–Crippen LogP) is 2.53. The van der Waals surface area contributed by atoms with Gasteiger partial charge in [-0.1, -0.05) is 0 Å². The highest BCUT2D eigenvalue weighted by Gasteiger charge is 2.10. The molecule has 1 N–H and O–H groups in total. The fourth-order valence-corrected chi connectivity index (χ4v) is 2.56. The first-order valence-corrected chi connectivity index (χ1v) is 7.13. The Morgan fingerprint density at radius 2 is 2.15 bits per heavy atom. The number of hydrogen-bond donors (Lipinski definition) is 1. The van der Waals surface area contributed by atoms with E-state index in [-0.39, 0.29) is 0 Å². The summed E-state index contributed by atoms with van der Waals surface area (Å²) in [5.41, 5.74) is 0. The highest BCUT2D eigenvalue weighted by Crippen LogP contribution is 2.25. The van der Waals surface area contributed by atoms with Crippen LogP contribution in [-0.4, -0.2) is 31.0 Å². The second kappa shape index (κ2) is 5.38. The van der Waals surface area contributed by atoms with Crippen LogP contribution in [0.3, 0.4) is 0 Å². The average Bonchev–Trinajstić information content (AvgIpc) is 3.09. The zero-order valence-corrected chi connectivity index (χ0v) is 12.1. The monoisotopic (exact) mass is 286 g/mol. The number of hydrogen-bond acceptors (Lipinski definition) is 6. The number of anilines is 1. The molecular formula is C13H14N6S. The lowest BCUT2D eigenvalue weighted by Crippen LogP contribution is -2.08. The summed E-state index contributed by atoms with van der Waals surface area (Å²) in [7, 11) is 0. The van der Waals surface area contributed by atoms with Gasteiger partial charge in [-0.05, 0) is 26.0 Å². The minimum absolute atomic E-state index is 0.564. The zero-order valence-electron chi connectivity index (χ0n) is 11.2. The first kappa shape index (κ1) is 12.7. The smallest absolute Gasteiger partial charge is 0.240 e. The summed E-state index contributed by atoms with van der Waals surface area (Å²) in [5.74, 6) is 1.82. The van der Waals surface area contributed by atoms with Gasteiger partial charge in [0, 0.05) is 23.8 Å². The summed E-state index contributed by atoms with van der Waals surface area (Å²) in [5, 5.41) is 3.14. The van der Waals surface area contributed by atoms with Gasteiger partial charge in [0.25, 0.3) is 0 Å². The summed E-state index contributed by atoms with van der Waals surface area (Å²) >= 11 is 1.67. The van der Waals surface area contributed by atoms with E-state index in [1.54, 1.807) is 28.4 Å². The molecule has 6 nitrogen and oxygen atoms in total. The van der Waals surface area contributed by atoms with Crippen molar-refractivity contribution < 1.29 is 0 Å². The van der Waals surface area contributed by atoms with Crippen LogP contribution in [0.15, 0.2) is 30.9 Å². The van der Waals surface area contributed by atoms with Crippen molar-refractivity contribution in [2.24, 2.45) is 0 Å². The Morgan fingerprint density at radius 1 is 1.25 bits per heavy atom. The molecule has 102 valence electrons. The van der Waals surface area contributed by atoms with Crippen molar-refractivity contribution in [3.8, 4) is 16.6 Å². The molecule has 0 aromatic carbocycles. The number of nitrogens with zero attached hydrogens (tertiary/aromatic N) is 5. The van der Waals surface area contributed by atoms with E-state index in [9.17, 15) is 0 Å². The molecule has 0 aliphatic rings. The van der Waals surface area contributed by atoms with Gasteiger partial charge < -0.3 is 5.32 Å². The molecule has 3 heterocycles. The molecule has 0 aliphatic heterocycles. The molecule has 7 heteroatoms. The molecule has 0 radical (unpaired) electrons. The lowest BCUT2D eigenvalue weighted by molar-refractivity contribution is 0.898. The van der Waals surface area contributed by atoms with Crippen LogP contribution in [0.1, 0.15) is 11.8 Å². The highest BCUT2D eigenvalue weighted by atomic mass is 32.1. The molecule has 0 fully saturated rings. The number of thiophene rings is 1. The van der Waals surface area contributed by atoms with Crippen LogP contribution in [0.4, 0.5) is 5.95 Å². The quantitative estimate of drug-likeness (QED) is 0.798. The van der Waals surface area contributed by atoms with Crippen LogP contribution in [-0.2, 0) is 0 Å². The Labute approximate surface area is 120 Å². The van der Waals surface area contributed by atoms with Crippen LogP contribution in [0.5, 0.6) is 0 Å². The molecule has 0 amide bonds. The van der Waals surface area contributed by atoms with Crippen molar-refractivity contribution in [1.82, 2.24) is 24.5 Å². The SMILES string of the molecule is CCNc1nc(-c2ccc(C)s2)nc(-n2ccnc2)n1. The third-order valence-corrected chi connectivity index (χ3v) is 3.65. The molecule has 0 saturated heterocycles. The first-order valence-electron chi connectivity index (χ1n) is 6.31. The number of rotatable bonds is 4. The molecule has 0 unspecified atom stereocenters. The van der Waals surface area contributed by atoms with Crippen LogP contribution in [0.25, 0.3) is 16.6 Å². The topological polar surface area (TPSA) is 68.5 Å². The minimum Gasteiger partial charge on any atom is -0.354 e. The Balaban J connectivity index is 2.09. The summed E-state index contributed by atoms with van der Waals surface area (Å²) in [6.45, 7) is 4.84.